The summed E-state index contributed by atoms with van der Waals surface area (Å²) in [7, 11) is -3.67. The van der Waals surface area contributed by atoms with Gasteiger partial charge in [0.05, 0.1) is 23.8 Å². The van der Waals surface area contributed by atoms with Crippen LogP contribution in [-0.2, 0) is 38.9 Å². The highest BCUT2D eigenvalue weighted by Gasteiger charge is 2.39. The molecule has 0 bridgehead atoms. The van der Waals surface area contributed by atoms with E-state index in [2.05, 4.69) is 12.2 Å². The number of Topliss-reactive ketones (excluding diaryl/α,β-unsaturated/α-hetero) is 1. The van der Waals surface area contributed by atoms with Gasteiger partial charge in [-0.05, 0) is 62.5 Å². The van der Waals surface area contributed by atoms with E-state index in [0.717, 1.165) is 30.5 Å². The van der Waals surface area contributed by atoms with Crippen molar-refractivity contribution >= 4 is 21.7 Å². The molecule has 218 valence electrons. The van der Waals surface area contributed by atoms with Crippen molar-refractivity contribution in [3.63, 3.8) is 0 Å². The predicted molar refractivity (Wildman–Crippen MR) is 149 cm³/mol. The van der Waals surface area contributed by atoms with Gasteiger partial charge in [-0.15, -0.1) is 0 Å². The molecule has 2 saturated heterocycles. The molecular weight excluding hydrogens is 532 g/mol. The van der Waals surface area contributed by atoms with Gasteiger partial charge in [0, 0.05) is 56.9 Å². The van der Waals surface area contributed by atoms with Gasteiger partial charge >= 0.3 is 0 Å². The van der Waals surface area contributed by atoms with Crippen molar-refractivity contribution in [3.8, 4) is 0 Å². The van der Waals surface area contributed by atoms with Gasteiger partial charge in [-0.2, -0.15) is 9.40 Å². The lowest BCUT2D eigenvalue weighted by atomic mass is 9.75. The van der Waals surface area contributed by atoms with Gasteiger partial charge in [0.2, 0.25) is 10.0 Å². The van der Waals surface area contributed by atoms with Crippen LogP contribution in [-0.4, -0.2) is 80.3 Å². The molecule has 0 saturated carbocycles. The molecule has 11 heteroatoms. The number of nitrogens with one attached hydrogen (secondary N) is 1. The number of nitrogens with zero attached hydrogens (tertiary/aromatic N) is 3. The van der Waals surface area contributed by atoms with E-state index in [1.807, 2.05) is 11.6 Å². The van der Waals surface area contributed by atoms with Gasteiger partial charge in [-0.3, -0.25) is 14.3 Å². The zero-order chi connectivity index (χ0) is 28.3. The van der Waals surface area contributed by atoms with Crippen LogP contribution in [0.1, 0.15) is 71.6 Å². The molecule has 2 fully saturated rings. The summed E-state index contributed by atoms with van der Waals surface area (Å²) in [6.07, 6.45) is 4.24. The molecule has 1 aromatic carbocycles. The van der Waals surface area contributed by atoms with Crippen LogP contribution in [0.25, 0.3) is 0 Å². The van der Waals surface area contributed by atoms with Crippen LogP contribution in [0.4, 0.5) is 0 Å². The van der Waals surface area contributed by atoms with Crippen LogP contribution >= 0.6 is 0 Å². The molecule has 4 heterocycles. The van der Waals surface area contributed by atoms with Crippen LogP contribution < -0.4 is 5.32 Å². The Balaban J connectivity index is 1.27. The zero-order valence-corrected chi connectivity index (χ0v) is 24.3. The number of carbonyl (C=O) groups excluding carboxylic acids is 2. The average Bonchev–Trinajstić information content (AvgIpc) is 3.24. The maximum atomic E-state index is 13.1. The summed E-state index contributed by atoms with van der Waals surface area (Å²) in [6.45, 7) is 8.13. The third kappa shape index (κ3) is 6.02. The molecule has 3 aliphatic rings. The number of ether oxygens (including phenoxy) is 2. The Kier molecular flexibility index (Phi) is 8.75. The first kappa shape index (κ1) is 28.9. The van der Waals surface area contributed by atoms with Gasteiger partial charge in [0.25, 0.3) is 5.91 Å². The maximum Gasteiger partial charge on any atom is 0.269 e. The average molecular weight is 573 g/mol. The number of sulfonamides is 1. The lowest BCUT2D eigenvalue weighted by Gasteiger charge is -2.36. The summed E-state index contributed by atoms with van der Waals surface area (Å²) in [5, 5.41) is 7.99. The van der Waals surface area contributed by atoms with Crippen molar-refractivity contribution in [2.45, 2.75) is 63.8 Å². The number of carbonyl (C=O) groups is 2. The summed E-state index contributed by atoms with van der Waals surface area (Å²) >= 11 is 0. The van der Waals surface area contributed by atoms with E-state index in [4.69, 9.17) is 14.6 Å². The quantitative estimate of drug-likeness (QED) is 0.459. The Morgan fingerprint density at radius 3 is 2.60 bits per heavy atom. The monoisotopic (exact) mass is 572 g/mol. The summed E-state index contributed by atoms with van der Waals surface area (Å²) in [5.41, 5.74) is 3.05. The van der Waals surface area contributed by atoms with Gasteiger partial charge in [-0.1, -0.05) is 19.1 Å². The van der Waals surface area contributed by atoms with Crippen molar-refractivity contribution in [1.29, 1.82) is 0 Å². The number of ketones is 1. The second-order valence-electron chi connectivity index (χ2n) is 11.4. The maximum absolute atomic E-state index is 13.1. The van der Waals surface area contributed by atoms with Gasteiger partial charge in [0.15, 0.2) is 5.78 Å². The Bertz CT molecular complexity index is 1340. The number of hydrogen-bond acceptors (Lipinski definition) is 7. The van der Waals surface area contributed by atoms with Crippen molar-refractivity contribution in [2.75, 3.05) is 46.1 Å². The lowest BCUT2D eigenvalue weighted by molar-refractivity contribution is 0.0160. The number of benzene rings is 1. The van der Waals surface area contributed by atoms with E-state index in [0.29, 0.717) is 83.1 Å². The molecule has 2 aromatic rings. The van der Waals surface area contributed by atoms with Crippen LogP contribution in [0.2, 0.25) is 0 Å². The normalized spacial score (nSPS) is 20.5. The second-order valence-corrected chi connectivity index (χ2v) is 13.3. The van der Waals surface area contributed by atoms with E-state index in [-0.39, 0.29) is 27.9 Å². The Morgan fingerprint density at radius 1 is 1.15 bits per heavy atom. The number of aromatic nitrogens is 2. The topological polar surface area (TPSA) is 120 Å². The minimum atomic E-state index is -3.67. The van der Waals surface area contributed by atoms with E-state index >= 15 is 0 Å². The molecule has 1 atom stereocenters. The van der Waals surface area contributed by atoms with Crippen LogP contribution in [0.5, 0.6) is 0 Å². The highest BCUT2D eigenvalue weighted by atomic mass is 32.2. The highest BCUT2D eigenvalue weighted by molar-refractivity contribution is 7.89. The number of aryl methyl sites for hydroxylation is 1. The molecule has 10 nitrogen and oxygen atoms in total. The minimum Gasteiger partial charge on any atom is -0.381 e. The van der Waals surface area contributed by atoms with E-state index in [1.54, 1.807) is 18.2 Å². The number of morpholine rings is 1. The summed E-state index contributed by atoms with van der Waals surface area (Å²) < 4.78 is 40.2. The highest BCUT2D eigenvalue weighted by Crippen LogP contribution is 2.38. The van der Waals surface area contributed by atoms with Gasteiger partial charge in [0.1, 0.15) is 5.69 Å². The van der Waals surface area contributed by atoms with E-state index in [9.17, 15) is 18.0 Å². The van der Waals surface area contributed by atoms with Crippen molar-refractivity contribution in [1.82, 2.24) is 19.4 Å². The van der Waals surface area contributed by atoms with Crippen molar-refractivity contribution < 1.29 is 27.5 Å². The summed E-state index contributed by atoms with van der Waals surface area (Å²) in [6, 6.07) is 6.35. The Labute approximate surface area is 236 Å². The molecule has 1 amide bonds. The second kappa shape index (κ2) is 12.1. The third-order valence-electron chi connectivity index (χ3n) is 8.55. The first-order chi connectivity index (χ1) is 19.2. The molecule has 1 spiro atoms. The first-order valence-corrected chi connectivity index (χ1v) is 15.8. The number of amides is 1. The summed E-state index contributed by atoms with van der Waals surface area (Å²) in [4.78, 5) is 26.3. The predicted octanol–water partition coefficient (Wildman–Crippen LogP) is 2.85. The fourth-order valence-corrected chi connectivity index (χ4v) is 7.50. The standard InChI is InChI=1S/C29H40N4O6S/c1-3-33-27-24(19-29(20-30-28(27)35)9-13-38-14-10-29)25(31-33)17-21(2)7-8-26(34)22-5-4-6-23(18-22)40(36,37)32-11-15-39-16-12-32/h4-6,18,21H,3,7-17,19-20H2,1-2H3,(H,30,35)/t21-/m0/s1. The molecule has 1 N–H and O–H groups in total. The lowest BCUT2D eigenvalue weighted by Crippen LogP contribution is -2.40. The van der Waals surface area contributed by atoms with Gasteiger partial charge < -0.3 is 14.8 Å². The molecule has 5 rings (SSSR count). The molecule has 0 unspecified atom stereocenters. The summed E-state index contributed by atoms with van der Waals surface area (Å²) in [5.74, 6) is 0.0171. The number of rotatable bonds is 9. The SMILES string of the molecule is CCn1nc(C[C@@H](C)CCC(=O)c2cccc(S(=O)(=O)N3CCOCC3)c2)c2c1C(=O)NCC1(CCOCC1)C2. The number of hydrogen-bond donors (Lipinski definition) is 1. The van der Waals surface area contributed by atoms with E-state index in [1.165, 1.54) is 10.4 Å². The fraction of sp³-hybridized carbons (Fsp3) is 0.621. The third-order valence-corrected chi connectivity index (χ3v) is 10.4. The minimum absolute atomic E-state index is 0.0126. The van der Waals surface area contributed by atoms with Crippen LogP contribution in [0.15, 0.2) is 29.2 Å². The molecule has 1 aromatic heterocycles. The largest absolute Gasteiger partial charge is 0.381 e. The molecular formula is C29H40N4O6S. The number of fused-ring (bicyclic) bond motifs is 1. The van der Waals surface area contributed by atoms with Crippen molar-refractivity contribution in [3.05, 3.63) is 46.8 Å². The smallest absolute Gasteiger partial charge is 0.269 e. The van der Waals surface area contributed by atoms with Crippen molar-refractivity contribution in [2.24, 2.45) is 11.3 Å². The van der Waals surface area contributed by atoms with E-state index < -0.39 is 10.0 Å². The van der Waals surface area contributed by atoms with Crippen LogP contribution in [0, 0.1) is 11.3 Å². The molecule has 0 radical (unpaired) electrons. The molecule has 40 heavy (non-hydrogen) atoms. The molecule has 0 aliphatic carbocycles. The molecule has 3 aliphatic heterocycles. The fourth-order valence-electron chi connectivity index (χ4n) is 6.05. The Morgan fingerprint density at radius 2 is 1.88 bits per heavy atom. The zero-order valence-electron chi connectivity index (χ0n) is 23.5. The van der Waals surface area contributed by atoms with Crippen LogP contribution in [0.3, 0.4) is 0 Å². The Hall–Kier alpha value is -2.60. The first-order valence-electron chi connectivity index (χ1n) is 14.4. The van der Waals surface area contributed by atoms with Gasteiger partial charge in [-0.25, -0.2) is 8.42 Å².